The van der Waals surface area contributed by atoms with Gasteiger partial charge in [-0.15, -0.1) is 0 Å². The smallest absolute Gasteiger partial charge is 0.244 e. The van der Waals surface area contributed by atoms with Crippen LogP contribution in [0.2, 0.25) is 0 Å². The van der Waals surface area contributed by atoms with Gasteiger partial charge in [0.25, 0.3) is 0 Å². The average Bonchev–Trinajstić information content (AvgIpc) is 3.62. The number of likely N-dealkylation sites (tertiary alicyclic amines) is 1. The zero-order valence-electron chi connectivity index (χ0n) is 18.1. The van der Waals surface area contributed by atoms with E-state index in [0.29, 0.717) is 29.0 Å². The molecule has 2 aromatic rings. The van der Waals surface area contributed by atoms with Gasteiger partial charge in [-0.05, 0) is 78.6 Å². The van der Waals surface area contributed by atoms with Gasteiger partial charge < -0.3 is 14.8 Å². The minimum absolute atomic E-state index is 0.160. The van der Waals surface area contributed by atoms with E-state index in [1.165, 1.54) is 4.90 Å². The van der Waals surface area contributed by atoms with E-state index in [9.17, 15) is 14.4 Å². The van der Waals surface area contributed by atoms with Gasteiger partial charge in [0.05, 0.1) is 18.9 Å². The Morgan fingerprint density at radius 3 is 1.94 bits per heavy atom. The molecule has 7 heteroatoms. The predicted octanol–water partition coefficient (Wildman–Crippen LogP) is 3.48. The number of carbonyl (C=O) groups excluding carboxylic acids is 3. The molecule has 2 saturated carbocycles. The average molecular weight is 444 g/mol. The van der Waals surface area contributed by atoms with Crippen LogP contribution in [0.5, 0.6) is 17.2 Å². The molecule has 1 aliphatic heterocycles. The number of benzene rings is 2. The standard InChI is InChI=1S/C26H24N2O5/c1-32-15-6-8-17(9-7-15)33-16-4-2-14(3-5-16)27-22(29)13-28-25(30)23-18-10-11-19(21-12-20(18)21)24(23)26(28)31/h2-11,18-21,23-24H,12-13H2,1H3,(H,27,29)/t18-,19-,20-,21-,23+,24+/m1/s1. The number of rotatable bonds is 6. The van der Waals surface area contributed by atoms with E-state index < -0.39 is 0 Å². The highest BCUT2D eigenvalue weighted by Gasteiger charge is 2.67. The van der Waals surface area contributed by atoms with Crippen molar-refractivity contribution in [3.63, 3.8) is 0 Å². The van der Waals surface area contributed by atoms with Crippen molar-refractivity contribution in [1.29, 1.82) is 0 Å². The summed E-state index contributed by atoms with van der Waals surface area (Å²) in [7, 11) is 1.61. The van der Waals surface area contributed by atoms with E-state index in [-0.39, 0.29) is 47.9 Å². The van der Waals surface area contributed by atoms with Crippen molar-refractivity contribution >= 4 is 23.4 Å². The number of amides is 3. The number of methoxy groups -OCH3 is 1. The normalized spacial score (nSPS) is 30.6. The second-order valence-electron chi connectivity index (χ2n) is 9.27. The van der Waals surface area contributed by atoms with Crippen LogP contribution in [-0.4, -0.2) is 36.3 Å². The number of nitrogens with one attached hydrogen (secondary N) is 1. The van der Waals surface area contributed by atoms with E-state index >= 15 is 0 Å². The van der Waals surface area contributed by atoms with Crippen molar-refractivity contribution in [1.82, 2.24) is 4.90 Å². The molecule has 6 atom stereocenters. The molecule has 5 aliphatic rings. The van der Waals surface area contributed by atoms with Gasteiger partial charge in [-0.25, -0.2) is 0 Å². The Labute approximate surface area is 191 Å². The van der Waals surface area contributed by atoms with E-state index in [4.69, 9.17) is 9.47 Å². The largest absolute Gasteiger partial charge is 0.497 e. The van der Waals surface area contributed by atoms with Crippen molar-refractivity contribution in [2.24, 2.45) is 35.5 Å². The Bertz CT molecular complexity index is 1120. The molecular weight excluding hydrogens is 420 g/mol. The maximum absolute atomic E-state index is 13.0. The monoisotopic (exact) mass is 444 g/mol. The third-order valence-corrected chi connectivity index (χ3v) is 7.49. The summed E-state index contributed by atoms with van der Waals surface area (Å²) >= 11 is 0. The molecule has 7 nitrogen and oxygen atoms in total. The van der Waals surface area contributed by atoms with Crippen LogP contribution >= 0.6 is 0 Å². The molecule has 0 spiro atoms. The van der Waals surface area contributed by atoms with Crippen molar-refractivity contribution in [2.75, 3.05) is 19.0 Å². The molecule has 0 unspecified atom stereocenters. The minimum atomic E-state index is -0.385. The van der Waals surface area contributed by atoms with Gasteiger partial charge in [0, 0.05) is 5.69 Å². The molecule has 33 heavy (non-hydrogen) atoms. The maximum Gasteiger partial charge on any atom is 0.244 e. The highest BCUT2D eigenvalue weighted by atomic mass is 16.5. The van der Waals surface area contributed by atoms with Crippen LogP contribution in [0.4, 0.5) is 5.69 Å². The fourth-order valence-corrected chi connectivity index (χ4v) is 5.90. The molecule has 1 heterocycles. The topological polar surface area (TPSA) is 84.9 Å². The Kier molecular flexibility index (Phi) is 4.54. The van der Waals surface area contributed by atoms with E-state index in [1.54, 1.807) is 43.5 Å². The number of imide groups is 1. The first-order valence-corrected chi connectivity index (χ1v) is 11.3. The zero-order valence-corrected chi connectivity index (χ0v) is 18.1. The summed E-state index contributed by atoms with van der Waals surface area (Å²) in [5.74, 6) is 2.13. The summed E-state index contributed by atoms with van der Waals surface area (Å²) in [6.07, 6.45) is 5.38. The number of hydrogen-bond donors (Lipinski definition) is 1. The lowest BCUT2D eigenvalue weighted by atomic mass is 9.63. The number of anilines is 1. The van der Waals surface area contributed by atoms with Crippen molar-refractivity contribution < 1.29 is 23.9 Å². The zero-order chi connectivity index (χ0) is 22.7. The third-order valence-electron chi connectivity index (χ3n) is 7.49. The molecule has 0 radical (unpaired) electrons. The molecule has 3 fully saturated rings. The van der Waals surface area contributed by atoms with Crippen LogP contribution in [0.1, 0.15) is 6.42 Å². The Hall–Kier alpha value is -3.61. The van der Waals surface area contributed by atoms with Crippen molar-refractivity contribution in [3.05, 3.63) is 60.7 Å². The fraction of sp³-hybridized carbons (Fsp3) is 0.346. The second-order valence-corrected chi connectivity index (χ2v) is 9.27. The molecule has 7 rings (SSSR count). The first-order chi connectivity index (χ1) is 16.0. The second kappa shape index (κ2) is 7.47. The van der Waals surface area contributed by atoms with Crippen LogP contribution < -0.4 is 14.8 Å². The lowest BCUT2D eigenvalue weighted by Gasteiger charge is -2.37. The molecule has 2 bridgehead atoms. The number of carbonyl (C=O) groups is 3. The molecule has 2 aromatic carbocycles. The SMILES string of the molecule is COc1ccc(Oc2ccc(NC(=O)CN3C(=O)[C@H]4[C@@H]5C=C[C@H]([C@H]6C[C@H]56)[C@@H]4C3=O)cc2)cc1. The van der Waals surface area contributed by atoms with E-state index in [1.807, 2.05) is 12.1 Å². The first kappa shape index (κ1) is 20.0. The molecule has 1 N–H and O–H groups in total. The van der Waals surface area contributed by atoms with Gasteiger partial charge in [0.1, 0.15) is 23.8 Å². The Balaban J connectivity index is 1.08. The first-order valence-electron chi connectivity index (χ1n) is 11.3. The van der Waals surface area contributed by atoms with Crippen LogP contribution in [-0.2, 0) is 14.4 Å². The van der Waals surface area contributed by atoms with Crippen molar-refractivity contribution in [2.45, 2.75) is 6.42 Å². The third kappa shape index (κ3) is 3.30. The highest BCUT2D eigenvalue weighted by Crippen LogP contribution is 2.65. The van der Waals surface area contributed by atoms with Crippen molar-refractivity contribution in [3.8, 4) is 17.2 Å². The lowest BCUT2D eigenvalue weighted by Crippen LogP contribution is -2.40. The van der Waals surface area contributed by atoms with Crippen LogP contribution in [0.25, 0.3) is 0 Å². The number of hydrogen-bond acceptors (Lipinski definition) is 5. The summed E-state index contributed by atoms with van der Waals surface area (Å²) in [5, 5.41) is 2.78. The fourth-order valence-electron chi connectivity index (χ4n) is 5.90. The van der Waals surface area contributed by atoms with Gasteiger partial charge >= 0.3 is 0 Å². The number of ether oxygens (including phenoxy) is 2. The highest BCUT2D eigenvalue weighted by molar-refractivity contribution is 6.09. The van der Waals surface area contributed by atoms with E-state index in [0.717, 1.165) is 12.2 Å². The molecular formula is C26H24N2O5. The molecule has 4 aliphatic carbocycles. The van der Waals surface area contributed by atoms with E-state index in [2.05, 4.69) is 17.5 Å². The number of nitrogens with zero attached hydrogens (tertiary/aromatic N) is 1. The maximum atomic E-state index is 13.0. The molecule has 0 aromatic heterocycles. The van der Waals surface area contributed by atoms with Crippen LogP contribution in [0.3, 0.4) is 0 Å². The van der Waals surface area contributed by atoms with Gasteiger partial charge in [-0.1, -0.05) is 12.2 Å². The quantitative estimate of drug-likeness (QED) is 0.545. The van der Waals surface area contributed by atoms with Gasteiger partial charge in [0.2, 0.25) is 17.7 Å². The summed E-state index contributed by atoms with van der Waals surface area (Å²) in [5.41, 5.74) is 0.571. The number of allylic oxidation sites excluding steroid dienone is 2. The van der Waals surface area contributed by atoms with Gasteiger partial charge in [-0.3, -0.25) is 19.3 Å². The minimum Gasteiger partial charge on any atom is -0.497 e. The predicted molar refractivity (Wildman–Crippen MR) is 120 cm³/mol. The lowest BCUT2D eigenvalue weighted by molar-refractivity contribution is -0.142. The van der Waals surface area contributed by atoms with Crippen LogP contribution in [0.15, 0.2) is 60.7 Å². The summed E-state index contributed by atoms with van der Waals surface area (Å²) < 4.78 is 10.9. The Morgan fingerprint density at radius 2 is 1.39 bits per heavy atom. The van der Waals surface area contributed by atoms with Gasteiger partial charge in [-0.2, -0.15) is 0 Å². The summed E-state index contributed by atoms with van der Waals surface area (Å²) in [6, 6.07) is 14.2. The molecule has 168 valence electrons. The summed E-state index contributed by atoms with van der Waals surface area (Å²) in [4.78, 5) is 39.8. The Morgan fingerprint density at radius 1 is 0.879 bits per heavy atom. The molecule has 3 amide bonds. The molecule has 1 saturated heterocycles. The summed E-state index contributed by atoms with van der Waals surface area (Å²) in [6.45, 7) is -0.246. The van der Waals surface area contributed by atoms with Gasteiger partial charge in [0.15, 0.2) is 0 Å². The van der Waals surface area contributed by atoms with Crippen LogP contribution in [0, 0.1) is 35.5 Å².